The molecule has 0 aromatic carbocycles. The fraction of sp³-hybridized carbons (Fsp3) is 0.688. The lowest BCUT2D eigenvalue weighted by Gasteiger charge is -2.23. The van der Waals surface area contributed by atoms with Gasteiger partial charge in [-0.15, -0.1) is 11.3 Å². The van der Waals surface area contributed by atoms with E-state index in [-0.39, 0.29) is 18.1 Å². The highest BCUT2D eigenvalue weighted by Crippen LogP contribution is 2.30. The Kier molecular flexibility index (Phi) is 6.21. The largest absolute Gasteiger partial charge is 0.380 e. The van der Waals surface area contributed by atoms with E-state index in [1.54, 1.807) is 11.3 Å². The first-order valence-electron chi connectivity index (χ1n) is 7.82. The van der Waals surface area contributed by atoms with Crippen molar-refractivity contribution in [2.75, 3.05) is 19.8 Å². The average Bonchev–Trinajstić information content (AvgIpc) is 3.07. The van der Waals surface area contributed by atoms with Crippen LogP contribution in [-0.4, -0.2) is 36.6 Å². The second-order valence-corrected chi connectivity index (χ2v) is 6.78. The summed E-state index contributed by atoms with van der Waals surface area (Å²) in [5, 5.41) is 5.53. The zero-order chi connectivity index (χ0) is 15.2. The van der Waals surface area contributed by atoms with Gasteiger partial charge in [0, 0.05) is 18.0 Å². The Morgan fingerprint density at radius 2 is 2.24 bits per heavy atom. The van der Waals surface area contributed by atoms with Crippen LogP contribution in [0.3, 0.4) is 0 Å². The van der Waals surface area contributed by atoms with Crippen molar-refractivity contribution in [2.45, 2.75) is 45.8 Å². The maximum Gasteiger partial charge on any atom is 0.241 e. The predicted molar refractivity (Wildman–Crippen MR) is 86.3 cm³/mol. The number of carbonyl (C=O) groups excluding carboxylic acids is 1. The van der Waals surface area contributed by atoms with Crippen molar-refractivity contribution < 1.29 is 9.53 Å². The Bertz CT molecular complexity index is 433. The van der Waals surface area contributed by atoms with Gasteiger partial charge in [0.1, 0.15) is 6.17 Å². The number of ether oxygens (including phenoxy) is 1. The standard InChI is InChI=1S/C16H26N2O2S/c1-4-5-9-20-10-8-18-15(13-7-6-11-21-13)17-14(12(2)3)16(18)19/h6-7,11-12,14-15,17H,4-5,8-10H2,1-3H3. The van der Waals surface area contributed by atoms with Gasteiger partial charge in [-0.3, -0.25) is 10.1 Å². The zero-order valence-corrected chi connectivity index (χ0v) is 14.0. The van der Waals surface area contributed by atoms with E-state index in [0.717, 1.165) is 19.4 Å². The highest BCUT2D eigenvalue weighted by atomic mass is 32.1. The van der Waals surface area contributed by atoms with Gasteiger partial charge in [0.25, 0.3) is 0 Å². The molecule has 118 valence electrons. The first kappa shape index (κ1) is 16.5. The van der Waals surface area contributed by atoms with Crippen molar-refractivity contribution in [3.05, 3.63) is 22.4 Å². The minimum absolute atomic E-state index is 0.000301. The summed E-state index contributed by atoms with van der Waals surface area (Å²) in [5.41, 5.74) is 0. The number of thiophene rings is 1. The summed E-state index contributed by atoms with van der Waals surface area (Å²) in [6, 6.07) is 4.03. The van der Waals surface area contributed by atoms with Gasteiger partial charge in [0.05, 0.1) is 12.6 Å². The number of amides is 1. The number of carbonyl (C=O) groups is 1. The zero-order valence-electron chi connectivity index (χ0n) is 13.2. The summed E-state index contributed by atoms with van der Waals surface area (Å²) in [7, 11) is 0. The van der Waals surface area contributed by atoms with Gasteiger partial charge >= 0.3 is 0 Å². The lowest BCUT2D eigenvalue weighted by atomic mass is 10.1. The number of hydrogen-bond acceptors (Lipinski definition) is 4. The molecule has 5 heteroatoms. The van der Waals surface area contributed by atoms with E-state index in [2.05, 4.69) is 37.5 Å². The summed E-state index contributed by atoms with van der Waals surface area (Å²) < 4.78 is 5.63. The topological polar surface area (TPSA) is 41.6 Å². The molecule has 2 rings (SSSR count). The second kappa shape index (κ2) is 7.92. The van der Waals surface area contributed by atoms with E-state index in [9.17, 15) is 4.79 Å². The first-order valence-corrected chi connectivity index (χ1v) is 8.70. The lowest BCUT2D eigenvalue weighted by Crippen LogP contribution is -2.35. The van der Waals surface area contributed by atoms with Crippen molar-refractivity contribution in [1.82, 2.24) is 10.2 Å². The molecule has 1 aromatic heterocycles. The van der Waals surface area contributed by atoms with Gasteiger partial charge in [-0.05, 0) is 23.8 Å². The van der Waals surface area contributed by atoms with Crippen LogP contribution in [0.15, 0.2) is 17.5 Å². The Hall–Kier alpha value is -0.910. The molecular weight excluding hydrogens is 284 g/mol. The normalized spacial score (nSPS) is 22.5. The number of unbranched alkanes of at least 4 members (excludes halogenated alkanes) is 1. The molecule has 0 saturated carbocycles. The summed E-state index contributed by atoms with van der Waals surface area (Å²) >= 11 is 1.69. The van der Waals surface area contributed by atoms with Crippen molar-refractivity contribution in [2.24, 2.45) is 5.92 Å². The minimum Gasteiger partial charge on any atom is -0.380 e. The summed E-state index contributed by atoms with van der Waals surface area (Å²) in [6.07, 6.45) is 2.21. The Morgan fingerprint density at radius 1 is 1.43 bits per heavy atom. The lowest BCUT2D eigenvalue weighted by molar-refractivity contribution is -0.131. The second-order valence-electron chi connectivity index (χ2n) is 5.80. The van der Waals surface area contributed by atoms with Crippen LogP contribution in [-0.2, 0) is 9.53 Å². The average molecular weight is 310 g/mol. The molecule has 0 radical (unpaired) electrons. The van der Waals surface area contributed by atoms with Crippen molar-refractivity contribution in [3.8, 4) is 0 Å². The predicted octanol–water partition coefficient (Wildman–Crippen LogP) is 3.02. The first-order chi connectivity index (χ1) is 10.1. The van der Waals surface area contributed by atoms with E-state index in [1.807, 2.05) is 11.0 Å². The van der Waals surface area contributed by atoms with Gasteiger partial charge in [0.15, 0.2) is 0 Å². The number of hydrogen-bond donors (Lipinski definition) is 1. The summed E-state index contributed by atoms with van der Waals surface area (Å²) in [6.45, 7) is 8.37. The maximum atomic E-state index is 12.6. The molecule has 1 saturated heterocycles. The number of nitrogens with zero attached hydrogens (tertiary/aromatic N) is 1. The SMILES string of the molecule is CCCCOCCN1C(=O)C(C(C)C)NC1c1cccs1. The maximum absolute atomic E-state index is 12.6. The van der Waals surface area contributed by atoms with Gasteiger partial charge in [-0.1, -0.05) is 33.3 Å². The molecule has 0 aliphatic carbocycles. The molecule has 1 fully saturated rings. The van der Waals surface area contributed by atoms with Crippen molar-refractivity contribution in [1.29, 1.82) is 0 Å². The van der Waals surface area contributed by atoms with Crippen LogP contribution in [0.4, 0.5) is 0 Å². The molecule has 1 aliphatic rings. The fourth-order valence-electron chi connectivity index (χ4n) is 2.55. The Morgan fingerprint density at radius 3 is 2.86 bits per heavy atom. The molecule has 4 nitrogen and oxygen atoms in total. The van der Waals surface area contributed by atoms with Crippen molar-refractivity contribution >= 4 is 17.2 Å². The van der Waals surface area contributed by atoms with E-state index in [4.69, 9.17) is 4.74 Å². The molecule has 1 amide bonds. The molecule has 2 atom stereocenters. The van der Waals surface area contributed by atoms with Crippen LogP contribution in [0.2, 0.25) is 0 Å². The highest BCUT2D eigenvalue weighted by Gasteiger charge is 2.41. The van der Waals surface area contributed by atoms with Crippen LogP contribution in [0.1, 0.15) is 44.7 Å². The quantitative estimate of drug-likeness (QED) is 0.751. The smallest absolute Gasteiger partial charge is 0.241 e. The van der Waals surface area contributed by atoms with Gasteiger partial charge in [-0.2, -0.15) is 0 Å². The van der Waals surface area contributed by atoms with E-state index < -0.39 is 0 Å². The molecule has 1 N–H and O–H groups in total. The molecule has 0 bridgehead atoms. The van der Waals surface area contributed by atoms with Crippen molar-refractivity contribution in [3.63, 3.8) is 0 Å². The Balaban J connectivity index is 1.98. The molecule has 0 spiro atoms. The number of nitrogens with one attached hydrogen (secondary N) is 1. The van der Waals surface area contributed by atoms with Gasteiger partial charge in [-0.25, -0.2) is 0 Å². The molecule has 2 heterocycles. The van der Waals surface area contributed by atoms with E-state index in [0.29, 0.717) is 19.1 Å². The van der Waals surface area contributed by atoms with Gasteiger partial charge < -0.3 is 9.64 Å². The Labute approximate surface area is 131 Å². The highest BCUT2D eigenvalue weighted by molar-refractivity contribution is 7.10. The minimum atomic E-state index is -0.0901. The molecule has 2 unspecified atom stereocenters. The fourth-order valence-corrected chi connectivity index (χ4v) is 3.34. The van der Waals surface area contributed by atoms with E-state index in [1.165, 1.54) is 4.88 Å². The monoisotopic (exact) mass is 310 g/mol. The third-order valence-corrected chi connectivity index (χ3v) is 4.72. The third kappa shape index (κ3) is 4.05. The van der Waals surface area contributed by atoms with Crippen LogP contribution in [0.25, 0.3) is 0 Å². The van der Waals surface area contributed by atoms with E-state index >= 15 is 0 Å². The van der Waals surface area contributed by atoms with Crippen LogP contribution in [0.5, 0.6) is 0 Å². The number of rotatable bonds is 8. The molecule has 1 aliphatic heterocycles. The van der Waals surface area contributed by atoms with Gasteiger partial charge in [0.2, 0.25) is 5.91 Å². The third-order valence-electron chi connectivity index (χ3n) is 3.80. The summed E-state index contributed by atoms with van der Waals surface area (Å²) in [4.78, 5) is 15.7. The van der Waals surface area contributed by atoms with Crippen LogP contribution < -0.4 is 5.32 Å². The molecular formula is C16H26N2O2S. The van der Waals surface area contributed by atoms with Crippen LogP contribution in [0, 0.1) is 5.92 Å². The van der Waals surface area contributed by atoms with Crippen LogP contribution >= 0.6 is 11.3 Å². The molecule has 21 heavy (non-hydrogen) atoms. The summed E-state index contributed by atoms with van der Waals surface area (Å²) in [5.74, 6) is 0.494. The molecule has 1 aromatic rings.